The maximum atomic E-state index is 13.6. The van der Waals surface area contributed by atoms with Gasteiger partial charge in [0, 0.05) is 42.3 Å². The van der Waals surface area contributed by atoms with Gasteiger partial charge in [0.15, 0.2) is 11.5 Å². The maximum absolute atomic E-state index is 13.6. The second-order valence-electron chi connectivity index (χ2n) is 15.5. The molecule has 334 valence electrons. The average Bonchev–Trinajstić information content (AvgIpc) is 4.13. The SMILES string of the molecule is CCCc1nc(CSc2ccc(Oc3ccc4nc(COc5ccc(CC6SC(=O)NC6=O)cc5)n(C)c4c3)cc2)c(C(=O)OCC)n1Cc1ccc(-c2ccccc2-c2nnn[nH]2)cc1. The van der Waals surface area contributed by atoms with Crippen LogP contribution in [0.1, 0.15) is 59.2 Å². The predicted octanol–water partition coefficient (Wildman–Crippen LogP) is 9.35. The predicted molar refractivity (Wildman–Crippen MR) is 253 cm³/mol. The number of tetrazole rings is 1. The number of aryl methyl sites for hydroxylation is 2. The third-order valence-corrected chi connectivity index (χ3v) is 13.1. The molecule has 1 aliphatic rings. The lowest BCUT2D eigenvalue weighted by Gasteiger charge is -2.13. The number of fused-ring (bicyclic) bond motifs is 1. The van der Waals surface area contributed by atoms with Crippen molar-refractivity contribution in [2.45, 2.75) is 62.2 Å². The van der Waals surface area contributed by atoms with E-state index in [0.717, 1.165) is 73.6 Å². The molecule has 0 spiro atoms. The van der Waals surface area contributed by atoms with Crippen LogP contribution in [0.2, 0.25) is 0 Å². The van der Waals surface area contributed by atoms with Crippen molar-refractivity contribution >= 4 is 51.7 Å². The number of hydrogen-bond donors (Lipinski definition) is 2. The van der Waals surface area contributed by atoms with Gasteiger partial charge in [-0.3, -0.25) is 14.9 Å². The minimum atomic E-state index is -0.414. The molecule has 2 N–H and O–H groups in total. The van der Waals surface area contributed by atoms with Crippen LogP contribution in [0.5, 0.6) is 17.2 Å². The Bertz CT molecular complexity index is 3010. The van der Waals surface area contributed by atoms with Gasteiger partial charge >= 0.3 is 5.97 Å². The van der Waals surface area contributed by atoms with Gasteiger partial charge in [0.25, 0.3) is 5.24 Å². The van der Waals surface area contributed by atoms with E-state index >= 15 is 0 Å². The van der Waals surface area contributed by atoms with E-state index in [9.17, 15) is 14.4 Å². The van der Waals surface area contributed by atoms with E-state index in [-0.39, 0.29) is 30.3 Å². The highest BCUT2D eigenvalue weighted by Gasteiger charge is 2.31. The second kappa shape index (κ2) is 19.9. The Labute approximate surface area is 388 Å². The average molecular weight is 920 g/mol. The van der Waals surface area contributed by atoms with Crippen molar-refractivity contribution in [3.63, 3.8) is 0 Å². The Hall–Kier alpha value is -7.24. The highest BCUT2D eigenvalue weighted by atomic mass is 32.2. The van der Waals surface area contributed by atoms with Gasteiger partial charge in [-0.25, -0.2) is 19.9 Å². The van der Waals surface area contributed by atoms with Gasteiger partial charge in [-0.1, -0.05) is 79.3 Å². The van der Waals surface area contributed by atoms with E-state index < -0.39 is 5.25 Å². The first-order valence-electron chi connectivity index (χ1n) is 21.5. The summed E-state index contributed by atoms with van der Waals surface area (Å²) in [6.07, 6.45) is 2.05. The van der Waals surface area contributed by atoms with Crippen molar-refractivity contribution in [3.8, 4) is 39.8 Å². The van der Waals surface area contributed by atoms with E-state index in [2.05, 4.69) is 57.1 Å². The molecule has 2 amide bonds. The number of H-pyrrole nitrogens is 1. The number of ether oxygens (including phenoxy) is 3. The molecule has 17 heteroatoms. The van der Waals surface area contributed by atoms with Gasteiger partial charge in [-0.2, -0.15) is 0 Å². The third-order valence-electron chi connectivity index (χ3n) is 11.1. The number of carbonyl (C=O) groups is 3. The Morgan fingerprint density at radius 2 is 1.58 bits per heavy atom. The van der Waals surface area contributed by atoms with Crippen molar-refractivity contribution in [1.29, 1.82) is 0 Å². The number of thioether (sulfide) groups is 2. The number of aromatic amines is 1. The van der Waals surface area contributed by atoms with Gasteiger partial charge in [0.2, 0.25) is 5.91 Å². The van der Waals surface area contributed by atoms with E-state index in [1.807, 2.05) is 114 Å². The monoisotopic (exact) mass is 919 g/mol. The number of rotatable bonds is 18. The Morgan fingerprint density at radius 1 is 0.833 bits per heavy atom. The Kier molecular flexibility index (Phi) is 13.2. The molecule has 1 unspecified atom stereocenters. The van der Waals surface area contributed by atoms with Gasteiger partial charge in [-0.15, -0.1) is 16.9 Å². The number of aromatic nitrogens is 8. The first kappa shape index (κ1) is 44.0. The molecule has 1 fully saturated rings. The van der Waals surface area contributed by atoms with Crippen LogP contribution in [0.15, 0.2) is 120 Å². The topological polar surface area (TPSA) is 181 Å². The van der Waals surface area contributed by atoms with Gasteiger partial charge in [0.05, 0.1) is 28.6 Å². The molecule has 4 heterocycles. The van der Waals surface area contributed by atoms with Crippen molar-refractivity contribution in [2.24, 2.45) is 7.05 Å². The molecule has 5 aromatic carbocycles. The third kappa shape index (κ3) is 9.86. The number of hydrogen-bond acceptors (Lipinski definition) is 13. The summed E-state index contributed by atoms with van der Waals surface area (Å²) in [4.78, 5) is 47.9. The van der Waals surface area contributed by atoms with Crippen LogP contribution in [0.4, 0.5) is 4.79 Å². The van der Waals surface area contributed by atoms with Crippen LogP contribution in [-0.4, -0.2) is 68.7 Å². The molecular formula is C49H45N9O6S2. The number of nitrogens with one attached hydrogen (secondary N) is 2. The number of nitrogens with zero attached hydrogens (tertiary/aromatic N) is 7. The molecule has 1 aliphatic heterocycles. The minimum absolute atomic E-state index is 0.253. The van der Waals surface area contributed by atoms with E-state index in [4.69, 9.17) is 24.2 Å². The van der Waals surface area contributed by atoms with E-state index in [1.54, 1.807) is 11.8 Å². The first-order valence-corrected chi connectivity index (χ1v) is 23.4. The molecular weight excluding hydrogens is 875 g/mol. The van der Waals surface area contributed by atoms with Crippen LogP contribution in [0.3, 0.4) is 0 Å². The van der Waals surface area contributed by atoms with Crippen LogP contribution in [0, 0.1) is 0 Å². The van der Waals surface area contributed by atoms with Gasteiger partial charge in [-0.05, 0) is 101 Å². The smallest absolute Gasteiger partial charge is 0.356 e. The van der Waals surface area contributed by atoms with E-state index in [1.165, 1.54) is 0 Å². The van der Waals surface area contributed by atoms with Crippen molar-refractivity contribution in [1.82, 2.24) is 45.0 Å². The summed E-state index contributed by atoms with van der Waals surface area (Å²) in [5.41, 5.74) is 7.77. The number of esters is 1. The summed E-state index contributed by atoms with van der Waals surface area (Å²) >= 11 is 2.62. The Morgan fingerprint density at radius 3 is 2.29 bits per heavy atom. The zero-order chi connectivity index (χ0) is 45.6. The summed E-state index contributed by atoms with van der Waals surface area (Å²) in [6, 6.07) is 37.4. The zero-order valence-electron chi connectivity index (χ0n) is 36.4. The quantitative estimate of drug-likeness (QED) is 0.0614. The number of carbonyl (C=O) groups excluding carboxylic acids is 3. The molecule has 9 rings (SSSR count). The molecule has 0 bridgehead atoms. The lowest BCUT2D eigenvalue weighted by atomic mass is 9.98. The molecule has 66 heavy (non-hydrogen) atoms. The minimum Gasteiger partial charge on any atom is -0.486 e. The van der Waals surface area contributed by atoms with Crippen molar-refractivity contribution in [3.05, 3.63) is 149 Å². The highest BCUT2D eigenvalue weighted by Crippen LogP contribution is 2.33. The summed E-state index contributed by atoms with van der Waals surface area (Å²) in [7, 11) is 1.94. The fraction of sp³-hybridized carbons (Fsp3) is 0.224. The summed E-state index contributed by atoms with van der Waals surface area (Å²) in [6.45, 7) is 4.89. The Balaban J connectivity index is 0.844. The highest BCUT2D eigenvalue weighted by molar-refractivity contribution is 8.15. The number of benzene rings is 5. The summed E-state index contributed by atoms with van der Waals surface area (Å²) < 4.78 is 22.0. The van der Waals surface area contributed by atoms with Gasteiger partial charge < -0.3 is 23.3 Å². The molecule has 8 aromatic rings. The first-order chi connectivity index (χ1) is 32.2. The maximum Gasteiger partial charge on any atom is 0.356 e. The fourth-order valence-corrected chi connectivity index (χ4v) is 9.46. The number of imide groups is 1. The molecule has 3 aromatic heterocycles. The van der Waals surface area contributed by atoms with Gasteiger partial charge in [0.1, 0.15) is 35.5 Å². The normalized spacial score (nSPS) is 13.6. The second-order valence-corrected chi connectivity index (χ2v) is 17.7. The van der Waals surface area contributed by atoms with Crippen molar-refractivity contribution < 1.29 is 28.6 Å². The summed E-state index contributed by atoms with van der Waals surface area (Å²) in [5, 5.41) is 16.1. The van der Waals surface area contributed by atoms with E-state index in [0.29, 0.717) is 59.6 Å². The zero-order valence-corrected chi connectivity index (χ0v) is 38.0. The lowest BCUT2D eigenvalue weighted by molar-refractivity contribution is -0.118. The molecule has 0 radical (unpaired) electrons. The van der Waals surface area contributed by atoms with Crippen LogP contribution >= 0.6 is 23.5 Å². The van der Waals surface area contributed by atoms with Crippen LogP contribution in [0.25, 0.3) is 33.5 Å². The standard InChI is InChI=1S/C49H45N9O6S2/c1-4-8-43-51-40(45(48(60)62-5-2)58(43)27-31-11-15-32(16-12-31)37-9-6-7-10-38(37)46-53-55-56-54-46)29-65-36-22-19-34(20-23-36)64-35-21-24-39-41(26-35)57(3)44(50-39)28-63-33-17-13-30(14-18-33)25-42-47(59)52-49(61)66-42/h6-7,9-24,26,42H,4-5,8,25,27-29H2,1-3H3,(H,52,59,61)(H,53,54,55,56). The number of imidazole rings is 2. The fourth-order valence-electron chi connectivity index (χ4n) is 7.77. The lowest BCUT2D eigenvalue weighted by Crippen LogP contribution is -2.25. The molecule has 0 aliphatic carbocycles. The molecule has 1 atom stereocenters. The molecule has 15 nitrogen and oxygen atoms in total. The summed E-state index contributed by atoms with van der Waals surface area (Å²) in [5.74, 6) is 4.04. The van der Waals surface area contributed by atoms with Crippen LogP contribution in [-0.2, 0) is 48.3 Å². The molecule has 1 saturated heterocycles. The largest absolute Gasteiger partial charge is 0.486 e. The molecule has 0 saturated carbocycles. The number of amides is 2. The van der Waals surface area contributed by atoms with Crippen molar-refractivity contribution in [2.75, 3.05) is 6.61 Å². The van der Waals surface area contributed by atoms with Crippen LogP contribution < -0.4 is 14.8 Å².